The van der Waals surface area contributed by atoms with Gasteiger partial charge in [0.05, 0.1) is 23.7 Å². The van der Waals surface area contributed by atoms with E-state index in [4.69, 9.17) is 27.9 Å². The Bertz CT molecular complexity index is 1270. The van der Waals surface area contributed by atoms with Crippen LogP contribution < -0.4 is 9.64 Å². The van der Waals surface area contributed by atoms with Crippen molar-refractivity contribution in [2.75, 3.05) is 19.1 Å². The molecule has 0 atom stereocenters. The fourth-order valence-corrected chi connectivity index (χ4v) is 4.21. The number of nitrogens with zero attached hydrogens (tertiary/aromatic N) is 5. The first-order valence-corrected chi connectivity index (χ1v) is 11.0. The Kier molecular flexibility index (Phi) is 6.31. The minimum absolute atomic E-state index is 0.162. The van der Waals surface area contributed by atoms with Gasteiger partial charge in [-0.15, -0.1) is 16.4 Å². The molecule has 8 nitrogen and oxygen atoms in total. The molecule has 164 valence electrons. The average molecular weight is 490 g/mol. The van der Waals surface area contributed by atoms with E-state index in [0.29, 0.717) is 28.2 Å². The zero-order chi connectivity index (χ0) is 22.8. The van der Waals surface area contributed by atoms with Crippen LogP contribution in [0.15, 0.2) is 47.8 Å². The smallest absolute Gasteiger partial charge is 0.360 e. The lowest BCUT2D eigenvalue weighted by molar-refractivity contribution is 0.0691. The summed E-state index contributed by atoms with van der Waals surface area (Å²) in [4.78, 5) is 18.1. The molecule has 2 heterocycles. The number of methoxy groups -OCH3 is 1. The van der Waals surface area contributed by atoms with E-state index < -0.39 is 5.97 Å². The van der Waals surface area contributed by atoms with Crippen LogP contribution in [0.1, 0.15) is 16.1 Å². The zero-order valence-electron chi connectivity index (χ0n) is 17.0. The van der Waals surface area contributed by atoms with E-state index in [2.05, 4.69) is 15.3 Å². The van der Waals surface area contributed by atoms with Crippen molar-refractivity contribution in [1.82, 2.24) is 20.0 Å². The van der Waals surface area contributed by atoms with Crippen LogP contribution in [0.2, 0.25) is 10.0 Å². The number of aromatic nitrogens is 4. The van der Waals surface area contributed by atoms with Gasteiger partial charge >= 0.3 is 5.97 Å². The number of hydrogen-bond acceptors (Lipinski definition) is 7. The number of thiazole rings is 1. The molecule has 0 fully saturated rings. The summed E-state index contributed by atoms with van der Waals surface area (Å²) >= 11 is 13.5. The predicted molar refractivity (Wildman–Crippen MR) is 125 cm³/mol. The molecule has 0 amide bonds. The highest BCUT2D eigenvalue weighted by atomic mass is 35.5. The summed E-state index contributed by atoms with van der Waals surface area (Å²) in [6.07, 6.45) is 0. The fraction of sp³-hybridized carbons (Fsp3) is 0.143. The van der Waals surface area contributed by atoms with Crippen molar-refractivity contribution in [2.45, 2.75) is 6.54 Å². The lowest BCUT2D eigenvalue weighted by Crippen LogP contribution is -2.19. The van der Waals surface area contributed by atoms with Crippen LogP contribution in [0.25, 0.3) is 10.6 Å². The van der Waals surface area contributed by atoms with Gasteiger partial charge in [0.25, 0.3) is 0 Å². The number of carboxylic acid groups (broad SMARTS) is 1. The summed E-state index contributed by atoms with van der Waals surface area (Å²) in [5, 5.41) is 21.0. The van der Waals surface area contributed by atoms with Crippen molar-refractivity contribution in [1.29, 1.82) is 0 Å². The molecule has 2 aromatic heterocycles. The Labute approximate surface area is 197 Å². The van der Waals surface area contributed by atoms with Crippen LogP contribution in [0.5, 0.6) is 5.75 Å². The van der Waals surface area contributed by atoms with Crippen LogP contribution in [0.3, 0.4) is 0 Å². The standard InChI is InChI=1S/C21H17Cl2N5O3S/c1-27(17-11-32-19(24-17)13-5-8-15(22)16(23)9-13)20-18(21(29)30)25-26-28(20)10-12-3-6-14(31-2)7-4-12/h3-9,11H,10H2,1-2H3,(H,29,30). The SMILES string of the molecule is COc1ccc(Cn2nnc(C(=O)O)c2N(C)c2csc(-c3ccc(Cl)c(Cl)c3)n2)cc1. The first-order valence-electron chi connectivity index (χ1n) is 9.31. The van der Waals surface area contributed by atoms with Crippen LogP contribution in [0.4, 0.5) is 11.6 Å². The van der Waals surface area contributed by atoms with Gasteiger partial charge in [0.15, 0.2) is 5.82 Å². The van der Waals surface area contributed by atoms with E-state index in [-0.39, 0.29) is 5.69 Å². The number of hydrogen-bond donors (Lipinski definition) is 1. The molecule has 0 unspecified atom stereocenters. The summed E-state index contributed by atoms with van der Waals surface area (Å²) in [5.41, 5.74) is 1.56. The molecule has 0 spiro atoms. The van der Waals surface area contributed by atoms with Crippen molar-refractivity contribution in [3.63, 3.8) is 0 Å². The van der Waals surface area contributed by atoms with Crippen LogP contribution >= 0.6 is 34.5 Å². The third kappa shape index (κ3) is 4.40. The van der Waals surface area contributed by atoms with Crippen LogP contribution in [0, 0.1) is 0 Å². The summed E-state index contributed by atoms with van der Waals surface area (Å²) in [6.45, 7) is 0.327. The van der Waals surface area contributed by atoms with Gasteiger partial charge in [0.2, 0.25) is 5.69 Å². The first kappa shape index (κ1) is 22.1. The van der Waals surface area contributed by atoms with Gasteiger partial charge in [-0.1, -0.05) is 46.6 Å². The summed E-state index contributed by atoms with van der Waals surface area (Å²) in [5.74, 6) is 0.428. The molecule has 0 aliphatic heterocycles. The van der Waals surface area contributed by atoms with Gasteiger partial charge in [-0.25, -0.2) is 14.5 Å². The molecule has 0 aliphatic carbocycles. The highest BCUT2D eigenvalue weighted by molar-refractivity contribution is 7.13. The van der Waals surface area contributed by atoms with E-state index in [0.717, 1.165) is 21.9 Å². The molecule has 4 rings (SSSR count). The number of ether oxygens (including phenoxy) is 1. The minimum atomic E-state index is -1.17. The maximum atomic E-state index is 11.8. The number of halogens is 2. The second-order valence-electron chi connectivity index (χ2n) is 6.77. The normalized spacial score (nSPS) is 10.9. The number of benzene rings is 2. The molecular weight excluding hydrogens is 473 g/mol. The van der Waals surface area contributed by atoms with Crippen molar-refractivity contribution in [2.24, 2.45) is 0 Å². The number of carboxylic acids is 1. The summed E-state index contributed by atoms with van der Waals surface area (Å²) in [7, 11) is 3.32. The fourth-order valence-electron chi connectivity index (χ4n) is 3.08. The molecular formula is C21H17Cl2N5O3S. The highest BCUT2D eigenvalue weighted by Crippen LogP contribution is 2.34. The second kappa shape index (κ2) is 9.15. The van der Waals surface area contributed by atoms with Crippen LogP contribution in [-0.4, -0.2) is 45.2 Å². The van der Waals surface area contributed by atoms with Crippen LogP contribution in [-0.2, 0) is 6.54 Å². The molecule has 4 aromatic rings. The quantitative estimate of drug-likeness (QED) is 0.379. The predicted octanol–water partition coefficient (Wildman–Crippen LogP) is 5.23. The van der Waals surface area contributed by atoms with E-state index in [1.54, 1.807) is 31.2 Å². The van der Waals surface area contributed by atoms with Crippen molar-refractivity contribution in [3.8, 4) is 16.3 Å². The largest absolute Gasteiger partial charge is 0.497 e. The van der Waals surface area contributed by atoms with Crippen molar-refractivity contribution >= 4 is 52.1 Å². The number of rotatable bonds is 7. The van der Waals surface area contributed by atoms with E-state index in [1.165, 1.54) is 16.0 Å². The van der Waals surface area contributed by atoms with Crippen molar-refractivity contribution < 1.29 is 14.6 Å². The Morgan fingerprint density at radius 3 is 2.59 bits per heavy atom. The first-order chi connectivity index (χ1) is 15.4. The highest BCUT2D eigenvalue weighted by Gasteiger charge is 2.25. The minimum Gasteiger partial charge on any atom is -0.497 e. The topological polar surface area (TPSA) is 93.4 Å². The molecule has 2 aromatic carbocycles. The monoisotopic (exact) mass is 489 g/mol. The van der Waals surface area contributed by atoms with Gasteiger partial charge in [-0.3, -0.25) is 0 Å². The lowest BCUT2D eigenvalue weighted by Gasteiger charge is -2.18. The average Bonchev–Trinajstić information content (AvgIpc) is 3.43. The maximum Gasteiger partial charge on any atom is 0.360 e. The maximum absolute atomic E-state index is 11.8. The number of aromatic carboxylic acids is 1. The van der Waals surface area contributed by atoms with Crippen molar-refractivity contribution in [3.05, 3.63) is 69.1 Å². The molecule has 0 saturated carbocycles. The number of carbonyl (C=O) groups is 1. The third-order valence-electron chi connectivity index (χ3n) is 4.72. The van der Waals surface area contributed by atoms with E-state index in [9.17, 15) is 9.90 Å². The number of anilines is 2. The Morgan fingerprint density at radius 1 is 1.19 bits per heavy atom. The molecule has 0 saturated heterocycles. The Hall–Kier alpha value is -3.14. The molecule has 0 bridgehead atoms. The van der Waals surface area contributed by atoms with E-state index >= 15 is 0 Å². The van der Waals surface area contributed by atoms with E-state index in [1.807, 2.05) is 35.7 Å². The lowest BCUT2D eigenvalue weighted by atomic mass is 10.2. The molecule has 11 heteroatoms. The molecule has 32 heavy (non-hydrogen) atoms. The summed E-state index contributed by atoms with van der Waals surface area (Å²) < 4.78 is 6.72. The van der Waals surface area contributed by atoms with Gasteiger partial charge in [-0.05, 0) is 29.8 Å². The summed E-state index contributed by atoms with van der Waals surface area (Å²) in [6, 6.07) is 12.7. The molecule has 0 aliphatic rings. The van der Waals surface area contributed by atoms with Gasteiger partial charge in [-0.2, -0.15) is 0 Å². The van der Waals surface area contributed by atoms with Gasteiger partial charge in [0.1, 0.15) is 16.6 Å². The zero-order valence-corrected chi connectivity index (χ0v) is 19.3. The third-order valence-corrected chi connectivity index (χ3v) is 6.34. The molecule has 0 radical (unpaired) electrons. The Morgan fingerprint density at radius 2 is 1.94 bits per heavy atom. The van der Waals surface area contributed by atoms with Gasteiger partial charge in [0, 0.05) is 18.0 Å². The second-order valence-corrected chi connectivity index (χ2v) is 8.44. The Balaban J connectivity index is 1.67. The van der Waals surface area contributed by atoms with Gasteiger partial charge < -0.3 is 14.7 Å². The molecule has 1 N–H and O–H groups in total.